The third-order valence-electron chi connectivity index (χ3n) is 3.52. The van der Waals surface area contributed by atoms with Crippen molar-refractivity contribution in [2.24, 2.45) is 0 Å². The number of carbonyl (C=O) groups is 1. The molecule has 0 unspecified atom stereocenters. The number of nitrogens with zero attached hydrogens (tertiary/aromatic N) is 2. The van der Waals surface area contributed by atoms with Gasteiger partial charge >= 0.3 is 5.97 Å². The molecule has 0 saturated carbocycles. The number of pyridine rings is 1. The van der Waals surface area contributed by atoms with Crippen LogP contribution in [0.4, 0.5) is 0 Å². The smallest absolute Gasteiger partial charge is 0.340 e. The minimum absolute atomic E-state index is 0.127. The van der Waals surface area contributed by atoms with Crippen molar-refractivity contribution in [3.63, 3.8) is 0 Å². The molecule has 23 heavy (non-hydrogen) atoms. The fraction of sp³-hybridized carbons (Fsp3) is 0.125. The highest BCUT2D eigenvalue weighted by molar-refractivity contribution is 7.90. The van der Waals surface area contributed by atoms with Crippen LogP contribution in [0.1, 0.15) is 15.9 Å². The van der Waals surface area contributed by atoms with Crippen molar-refractivity contribution < 1.29 is 17.9 Å². The van der Waals surface area contributed by atoms with E-state index < -0.39 is 16.0 Å². The van der Waals surface area contributed by atoms with Crippen molar-refractivity contribution in [1.82, 2.24) is 8.96 Å². The first-order valence-corrected chi connectivity index (χ1v) is 8.26. The van der Waals surface area contributed by atoms with Crippen molar-refractivity contribution in [1.29, 1.82) is 0 Å². The molecule has 0 fully saturated rings. The van der Waals surface area contributed by atoms with Crippen LogP contribution in [0.2, 0.25) is 0 Å². The van der Waals surface area contributed by atoms with Crippen molar-refractivity contribution in [3.8, 4) is 0 Å². The largest absolute Gasteiger partial charge is 0.465 e. The Morgan fingerprint density at radius 3 is 2.52 bits per heavy atom. The number of hydrogen-bond acceptors (Lipinski definition) is 5. The summed E-state index contributed by atoms with van der Waals surface area (Å²) in [6.07, 6.45) is 2.73. The molecule has 0 aliphatic rings. The second kappa shape index (κ2) is 5.51. The quantitative estimate of drug-likeness (QED) is 0.689. The molecule has 3 rings (SSSR count). The Kier molecular flexibility index (Phi) is 3.65. The van der Waals surface area contributed by atoms with Gasteiger partial charge in [0.15, 0.2) is 5.65 Å². The molecule has 0 aliphatic heterocycles. The zero-order valence-corrected chi connectivity index (χ0v) is 13.4. The maximum absolute atomic E-state index is 12.9. The average molecular weight is 330 g/mol. The molecule has 0 amide bonds. The Labute approximate surface area is 133 Å². The van der Waals surface area contributed by atoms with Gasteiger partial charge in [-0.05, 0) is 31.2 Å². The summed E-state index contributed by atoms with van der Waals surface area (Å²) >= 11 is 0. The lowest BCUT2D eigenvalue weighted by atomic mass is 10.2. The van der Waals surface area contributed by atoms with E-state index in [2.05, 4.69) is 4.98 Å². The number of methoxy groups -OCH3 is 1. The van der Waals surface area contributed by atoms with E-state index in [0.717, 1.165) is 9.54 Å². The zero-order valence-electron chi connectivity index (χ0n) is 12.6. The van der Waals surface area contributed by atoms with Crippen LogP contribution in [0.15, 0.2) is 53.7 Å². The molecule has 0 atom stereocenters. The minimum atomic E-state index is -3.86. The van der Waals surface area contributed by atoms with Crippen LogP contribution < -0.4 is 0 Å². The molecule has 3 aromatic rings. The molecular formula is C16H14N2O4S. The van der Waals surface area contributed by atoms with E-state index in [-0.39, 0.29) is 16.1 Å². The average Bonchev–Trinajstić information content (AvgIpc) is 2.95. The number of benzene rings is 1. The van der Waals surface area contributed by atoms with Crippen LogP contribution in [0.3, 0.4) is 0 Å². The number of rotatable bonds is 3. The van der Waals surface area contributed by atoms with Crippen molar-refractivity contribution >= 4 is 27.0 Å². The summed E-state index contributed by atoms with van der Waals surface area (Å²) in [6.45, 7) is 1.87. The van der Waals surface area contributed by atoms with Crippen LogP contribution in [-0.2, 0) is 14.8 Å². The summed E-state index contributed by atoms with van der Waals surface area (Å²) < 4.78 is 31.4. The monoisotopic (exact) mass is 330 g/mol. The molecule has 0 bridgehead atoms. The van der Waals surface area contributed by atoms with Crippen LogP contribution in [0, 0.1) is 6.92 Å². The summed E-state index contributed by atoms with van der Waals surface area (Å²) in [5.74, 6) is -0.610. The molecule has 2 aromatic heterocycles. The molecule has 7 heteroatoms. The van der Waals surface area contributed by atoms with Gasteiger partial charge in [-0.1, -0.05) is 17.7 Å². The number of hydrogen-bond donors (Lipinski definition) is 0. The van der Waals surface area contributed by atoms with Gasteiger partial charge in [-0.2, -0.15) is 0 Å². The summed E-state index contributed by atoms with van der Waals surface area (Å²) in [5.41, 5.74) is 1.30. The van der Waals surface area contributed by atoms with Crippen molar-refractivity contribution in [3.05, 3.63) is 59.9 Å². The summed E-state index contributed by atoms with van der Waals surface area (Å²) in [5, 5.41) is 0.426. The highest BCUT2D eigenvalue weighted by atomic mass is 32.2. The fourth-order valence-electron chi connectivity index (χ4n) is 2.31. The van der Waals surface area contributed by atoms with Crippen LogP contribution in [0.5, 0.6) is 0 Å². The van der Waals surface area contributed by atoms with E-state index in [0.29, 0.717) is 5.39 Å². The maximum Gasteiger partial charge on any atom is 0.340 e. The molecule has 0 radical (unpaired) electrons. The van der Waals surface area contributed by atoms with Gasteiger partial charge in [-0.3, -0.25) is 0 Å². The SMILES string of the molecule is COC(=O)c1cn(S(=O)(=O)c2ccc(C)cc2)c2ncccc12. The van der Waals surface area contributed by atoms with Gasteiger partial charge in [0.05, 0.1) is 17.6 Å². The van der Waals surface area contributed by atoms with Gasteiger partial charge < -0.3 is 4.74 Å². The minimum Gasteiger partial charge on any atom is -0.465 e. The van der Waals surface area contributed by atoms with E-state index >= 15 is 0 Å². The van der Waals surface area contributed by atoms with Crippen LogP contribution in [0.25, 0.3) is 11.0 Å². The first-order chi connectivity index (χ1) is 10.9. The van der Waals surface area contributed by atoms with E-state index in [4.69, 9.17) is 4.74 Å². The number of esters is 1. The first kappa shape index (κ1) is 15.2. The third-order valence-corrected chi connectivity index (χ3v) is 5.18. The molecule has 0 aliphatic carbocycles. The molecule has 2 heterocycles. The third kappa shape index (κ3) is 2.49. The topological polar surface area (TPSA) is 78.3 Å². The van der Waals surface area contributed by atoms with E-state index in [9.17, 15) is 13.2 Å². The van der Waals surface area contributed by atoms with E-state index in [1.54, 1.807) is 24.3 Å². The lowest BCUT2D eigenvalue weighted by Crippen LogP contribution is -2.12. The van der Waals surface area contributed by atoms with Crippen molar-refractivity contribution in [2.45, 2.75) is 11.8 Å². The van der Waals surface area contributed by atoms with Gasteiger partial charge in [0, 0.05) is 17.8 Å². The van der Waals surface area contributed by atoms with Gasteiger partial charge in [-0.25, -0.2) is 22.2 Å². The second-order valence-corrected chi connectivity index (χ2v) is 6.84. The lowest BCUT2D eigenvalue weighted by Gasteiger charge is -2.07. The van der Waals surface area contributed by atoms with Crippen molar-refractivity contribution in [2.75, 3.05) is 7.11 Å². The van der Waals surface area contributed by atoms with Gasteiger partial charge in [0.1, 0.15) is 0 Å². The molecule has 118 valence electrons. The lowest BCUT2D eigenvalue weighted by molar-refractivity contribution is 0.0603. The summed E-state index contributed by atoms with van der Waals surface area (Å²) in [6, 6.07) is 9.75. The highest BCUT2D eigenvalue weighted by Crippen LogP contribution is 2.25. The number of ether oxygens (including phenoxy) is 1. The predicted molar refractivity (Wildman–Crippen MR) is 84.8 cm³/mol. The standard InChI is InChI=1S/C16H14N2O4S/c1-11-5-7-12(8-6-11)23(20,21)18-10-14(16(19)22-2)13-4-3-9-17-15(13)18/h3-10H,1-2H3. The predicted octanol–water partition coefficient (Wildman–Crippen LogP) is 2.37. The Hall–Kier alpha value is -2.67. The molecular weight excluding hydrogens is 316 g/mol. The van der Waals surface area contributed by atoms with E-state index in [1.807, 2.05) is 6.92 Å². The summed E-state index contributed by atoms with van der Waals surface area (Å²) in [7, 11) is -2.61. The van der Waals surface area contributed by atoms with E-state index in [1.165, 1.54) is 31.6 Å². The maximum atomic E-state index is 12.9. The van der Waals surface area contributed by atoms with Gasteiger partial charge in [-0.15, -0.1) is 0 Å². The normalized spacial score (nSPS) is 11.6. The zero-order chi connectivity index (χ0) is 16.6. The Bertz CT molecular complexity index is 989. The van der Waals surface area contributed by atoms with Gasteiger partial charge in [0.25, 0.3) is 10.0 Å². The molecule has 0 spiro atoms. The fourth-order valence-corrected chi connectivity index (χ4v) is 3.63. The first-order valence-electron chi connectivity index (χ1n) is 6.82. The molecule has 6 nitrogen and oxygen atoms in total. The van der Waals surface area contributed by atoms with Crippen LogP contribution in [-0.4, -0.2) is 30.5 Å². The second-order valence-electron chi connectivity index (χ2n) is 5.02. The van der Waals surface area contributed by atoms with Crippen LogP contribution >= 0.6 is 0 Å². The molecule has 0 saturated heterocycles. The Morgan fingerprint density at radius 1 is 1.17 bits per heavy atom. The van der Waals surface area contributed by atoms with Gasteiger partial charge in [0.2, 0.25) is 0 Å². The highest BCUT2D eigenvalue weighted by Gasteiger charge is 2.24. The number of aryl methyl sites for hydroxylation is 1. The Balaban J connectivity index is 2.27. The number of carbonyl (C=O) groups excluding carboxylic acids is 1. The summed E-state index contributed by atoms with van der Waals surface area (Å²) in [4.78, 5) is 16.1. The Morgan fingerprint density at radius 2 is 1.87 bits per heavy atom. The number of fused-ring (bicyclic) bond motifs is 1. The molecule has 0 N–H and O–H groups in total. The molecule has 1 aromatic carbocycles. The number of aromatic nitrogens is 2.